The molecular weight excluding hydrogens is 392 g/mol. The minimum absolute atomic E-state index is 0.314. The Kier molecular flexibility index (Phi) is 7.58. The van der Waals surface area contributed by atoms with Gasteiger partial charge >= 0.3 is 5.97 Å². The molecule has 26 heavy (non-hydrogen) atoms. The molecular formula is C17H17ClN4O2S2. The van der Waals surface area contributed by atoms with Crippen molar-refractivity contribution in [3.63, 3.8) is 0 Å². The molecule has 0 heterocycles. The van der Waals surface area contributed by atoms with Gasteiger partial charge in [-0.15, -0.1) is 0 Å². The average molecular weight is 409 g/mol. The Morgan fingerprint density at radius 1 is 0.923 bits per heavy atom. The van der Waals surface area contributed by atoms with Crippen LogP contribution in [-0.2, 0) is 4.74 Å². The number of hydrogen-bond acceptors (Lipinski definition) is 4. The van der Waals surface area contributed by atoms with Gasteiger partial charge in [-0.2, -0.15) is 0 Å². The van der Waals surface area contributed by atoms with Gasteiger partial charge in [0.05, 0.1) is 12.2 Å². The molecule has 2 aromatic carbocycles. The van der Waals surface area contributed by atoms with Crippen LogP contribution < -0.4 is 21.5 Å². The Hall–Kier alpha value is -2.42. The Labute approximate surface area is 167 Å². The fourth-order valence-electron chi connectivity index (χ4n) is 1.88. The molecule has 4 N–H and O–H groups in total. The van der Waals surface area contributed by atoms with Crippen LogP contribution in [0.25, 0.3) is 0 Å². The topological polar surface area (TPSA) is 74.4 Å². The number of carbonyl (C=O) groups excluding carboxylic acids is 1. The first-order chi connectivity index (χ1) is 12.5. The molecule has 0 unspecified atom stereocenters. The molecule has 0 saturated carbocycles. The number of rotatable bonds is 4. The van der Waals surface area contributed by atoms with Gasteiger partial charge in [0, 0.05) is 16.4 Å². The zero-order valence-electron chi connectivity index (χ0n) is 13.8. The van der Waals surface area contributed by atoms with Gasteiger partial charge < -0.3 is 15.4 Å². The monoisotopic (exact) mass is 408 g/mol. The fourth-order valence-corrected chi connectivity index (χ4v) is 2.34. The number of hydrazine groups is 1. The van der Waals surface area contributed by atoms with Gasteiger partial charge in [-0.05, 0) is 79.9 Å². The van der Waals surface area contributed by atoms with Crippen molar-refractivity contribution in [3.05, 3.63) is 59.1 Å². The highest BCUT2D eigenvalue weighted by Crippen LogP contribution is 2.13. The van der Waals surface area contributed by atoms with Crippen LogP contribution in [0.4, 0.5) is 11.4 Å². The highest BCUT2D eigenvalue weighted by molar-refractivity contribution is 7.81. The van der Waals surface area contributed by atoms with Crippen LogP contribution in [-0.4, -0.2) is 22.8 Å². The summed E-state index contributed by atoms with van der Waals surface area (Å²) in [5.74, 6) is -0.361. The summed E-state index contributed by atoms with van der Waals surface area (Å²) in [6, 6.07) is 13.9. The lowest BCUT2D eigenvalue weighted by Crippen LogP contribution is -2.45. The quantitative estimate of drug-likeness (QED) is 0.346. The summed E-state index contributed by atoms with van der Waals surface area (Å²) in [5.41, 5.74) is 7.53. The van der Waals surface area contributed by atoms with Crippen molar-refractivity contribution in [2.45, 2.75) is 6.92 Å². The lowest BCUT2D eigenvalue weighted by Gasteiger charge is -2.14. The molecule has 0 spiro atoms. The molecule has 2 rings (SSSR count). The Morgan fingerprint density at radius 3 is 1.85 bits per heavy atom. The third-order valence-corrected chi connectivity index (χ3v) is 3.71. The third-order valence-electron chi connectivity index (χ3n) is 3.05. The normalized spacial score (nSPS) is 9.77. The first kappa shape index (κ1) is 19.9. The van der Waals surface area contributed by atoms with E-state index >= 15 is 0 Å². The lowest BCUT2D eigenvalue weighted by atomic mass is 10.2. The summed E-state index contributed by atoms with van der Waals surface area (Å²) < 4.78 is 4.93. The summed E-state index contributed by atoms with van der Waals surface area (Å²) in [5, 5.41) is 7.25. The summed E-state index contributed by atoms with van der Waals surface area (Å²) in [6.45, 7) is 2.10. The number of benzene rings is 2. The molecule has 0 radical (unpaired) electrons. The van der Waals surface area contributed by atoms with Gasteiger partial charge in [-0.3, -0.25) is 10.9 Å². The van der Waals surface area contributed by atoms with E-state index in [9.17, 15) is 4.79 Å². The lowest BCUT2D eigenvalue weighted by molar-refractivity contribution is 0.0526. The second kappa shape index (κ2) is 9.91. The number of ether oxygens (including phenoxy) is 1. The van der Waals surface area contributed by atoms with Crippen LogP contribution in [0.2, 0.25) is 5.02 Å². The first-order valence-electron chi connectivity index (χ1n) is 7.64. The molecule has 0 amide bonds. The summed E-state index contributed by atoms with van der Waals surface area (Å²) in [4.78, 5) is 11.6. The number of carbonyl (C=O) groups is 1. The number of halogens is 1. The minimum Gasteiger partial charge on any atom is -0.462 e. The molecule has 0 bridgehead atoms. The van der Waals surface area contributed by atoms with E-state index in [-0.39, 0.29) is 5.97 Å². The number of anilines is 2. The standard InChI is InChI=1S/C17H17ClN4O2S2/c1-2-24-15(23)11-3-7-13(8-4-11)19-16(25)21-22-17(26)20-14-9-5-12(18)6-10-14/h3-10H,2H2,1H3,(H2,19,21,25)(H2,20,22,26). The molecule has 9 heteroatoms. The number of nitrogens with one attached hydrogen (secondary N) is 4. The van der Waals surface area contributed by atoms with Crippen molar-refractivity contribution < 1.29 is 9.53 Å². The number of hydrogen-bond donors (Lipinski definition) is 4. The van der Waals surface area contributed by atoms with Crippen molar-refractivity contribution in [2.75, 3.05) is 17.2 Å². The first-order valence-corrected chi connectivity index (χ1v) is 8.84. The highest BCUT2D eigenvalue weighted by atomic mass is 35.5. The van der Waals surface area contributed by atoms with Crippen LogP contribution in [0.3, 0.4) is 0 Å². The van der Waals surface area contributed by atoms with Gasteiger partial charge in [0.2, 0.25) is 0 Å². The van der Waals surface area contributed by atoms with E-state index in [1.165, 1.54) is 0 Å². The van der Waals surface area contributed by atoms with Crippen LogP contribution in [0.5, 0.6) is 0 Å². The van der Waals surface area contributed by atoms with Crippen molar-refractivity contribution in [2.24, 2.45) is 0 Å². The average Bonchev–Trinajstić information content (AvgIpc) is 2.63. The van der Waals surface area contributed by atoms with Crippen molar-refractivity contribution in [1.29, 1.82) is 0 Å². The van der Waals surface area contributed by atoms with Gasteiger partial charge in [-0.1, -0.05) is 11.6 Å². The van der Waals surface area contributed by atoms with Crippen molar-refractivity contribution in [3.8, 4) is 0 Å². The minimum atomic E-state index is -0.361. The predicted octanol–water partition coefficient (Wildman–Crippen LogP) is 3.70. The molecule has 0 fully saturated rings. The maximum atomic E-state index is 11.6. The van der Waals surface area contributed by atoms with E-state index in [0.29, 0.717) is 33.1 Å². The maximum absolute atomic E-state index is 11.6. The van der Waals surface area contributed by atoms with E-state index in [1.807, 2.05) is 0 Å². The van der Waals surface area contributed by atoms with Crippen LogP contribution in [0.15, 0.2) is 48.5 Å². The van der Waals surface area contributed by atoms with Gasteiger partial charge in [-0.25, -0.2) is 4.79 Å². The fraction of sp³-hybridized carbons (Fsp3) is 0.118. The van der Waals surface area contributed by atoms with Crippen LogP contribution >= 0.6 is 36.0 Å². The molecule has 0 aliphatic rings. The van der Waals surface area contributed by atoms with E-state index in [0.717, 1.165) is 5.69 Å². The predicted molar refractivity (Wildman–Crippen MR) is 113 cm³/mol. The summed E-state index contributed by atoms with van der Waals surface area (Å²) in [6.07, 6.45) is 0. The number of thiocarbonyl (C=S) groups is 2. The molecule has 0 aliphatic carbocycles. The molecule has 0 aliphatic heterocycles. The Morgan fingerprint density at radius 2 is 1.38 bits per heavy atom. The molecule has 0 saturated heterocycles. The molecule has 6 nitrogen and oxygen atoms in total. The zero-order chi connectivity index (χ0) is 18.9. The van der Waals surface area contributed by atoms with Crippen molar-refractivity contribution >= 4 is 63.6 Å². The van der Waals surface area contributed by atoms with Gasteiger partial charge in [0.1, 0.15) is 0 Å². The van der Waals surface area contributed by atoms with E-state index < -0.39 is 0 Å². The Balaban J connectivity index is 1.78. The third kappa shape index (κ3) is 6.47. The molecule has 2 aromatic rings. The van der Waals surface area contributed by atoms with E-state index in [1.54, 1.807) is 55.5 Å². The highest BCUT2D eigenvalue weighted by Gasteiger charge is 2.06. The second-order valence-electron chi connectivity index (χ2n) is 4.96. The van der Waals surface area contributed by atoms with E-state index in [2.05, 4.69) is 21.5 Å². The van der Waals surface area contributed by atoms with Crippen molar-refractivity contribution in [1.82, 2.24) is 10.9 Å². The zero-order valence-corrected chi connectivity index (χ0v) is 16.2. The number of esters is 1. The van der Waals surface area contributed by atoms with E-state index in [4.69, 9.17) is 40.8 Å². The van der Waals surface area contributed by atoms with Gasteiger partial charge in [0.15, 0.2) is 10.2 Å². The summed E-state index contributed by atoms with van der Waals surface area (Å²) >= 11 is 16.2. The summed E-state index contributed by atoms with van der Waals surface area (Å²) in [7, 11) is 0. The SMILES string of the molecule is CCOC(=O)c1ccc(NC(=S)NNC(=S)Nc2ccc(Cl)cc2)cc1. The largest absolute Gasteiger partial charge is 0.462 e. The maximum Gasteiger partial charge on any atom is 0.338 e. The second-order valence-corrected chi connectivity index (χ2v) is 6.22. The molecule has 0 aromatic heterocycles. The smallest absolute Gasteiger partial charge is 0.338 e. The van der Waals surface area contributed by atoms with Gasteiger partial charge in [0.25, 0.3) is 0 Å². The van der Waals surface area contributed by atoms with Crippen LogP contribution in [0, 0.1) is 0 Å². The Bertz CT molecular complexity index is 782. The molecule has 0 atom stereocenters. The van der Waals surface area contributed by atoms with Crippen LogP contribution in [0.1, 0.15) is 17.3 Å². The molecule has 136 valence electrons.